The van der Waals surface area contributed by atoms with Gasteiger partial charge in [-0.1, -0.05) is 115 Å². The standard InChI is InChI=1S/C34H27N3/c1-4-12-24(13-5-1)27-20-21-33-29(22-27)28-18-10-11-19-32(28)37(33)34-35-30(25-14-6-2-7-15-25)23-31(36-34)26-16-8-3-9-17-26/h1-23,30,34-36H. The highest BCUT2D eigenvalue weighted by atomic mass is 15.3. The highest BCUT2D eigenvalue weighted by Crippen LogP contribution is 2.36. The fourth-order valence-electron chi connectivity index (χ4n) is 5.50. The van der Waals surface area contributed by atoms with E-state index < -0.39 is 0 Å². The first-order valence-corrected chi connectivity index (χ1v) is 12.8. The normalized spacial score (nSPS) is 17.5. The molecule has 1 aromatic heterocycles. The van der Waals surface area contributed by atoms with Gasteiger partial charge in [-0.3, -0.25) is 5.32 Å². The van der Waals surface area contributed by atoms with E-state index in [1.807, 2.05) is 0 Å². The molecule has 6 aromatic rings. The van der Waals surface area contributed by atoms with Gasteiger partial charge in [0.05, 0.1) is 17.1 Å². The van der Waals surface area contributed by atoms with Crippen LogP contribution < -0.4 is 10.6 Å². The van der Waals surface area contributed by atoms with Gasteiger partial charge < -0.3 is 9.88 Å². The Labute approximate surface area is 216 Å². The second kappa shape index (κ2) is 9.12. The maximum Gasteiger partial charge on any atom is 0.160 e. The molecule has 0 amide bonds. The van der Waals surface area contributed by atoms with Crippen molar-refractivity contribution in [2.24, 2.45) is 0 Å². The predicted octanol–water partition coefficient (Wildman–Crippen LogP) is 7.89. The van der Waals surface area contributed by atoms with Crippen molar-refractivity contribution in [2.45, 2.75) is 12.3 Å². The zero-order chi connectivity index (χ0) is 24.6. The van der Waals surface area contributed by atoms with E-state index in [0.717, 1.165) is 5.70 Å². The molecule has 2 atom stereocenters. The van der Waals surface area contributed by atoms with E-state index in [0.29, 0.717) is 0 Å². The lowest BCUT2D eigenvalue weighted by molar-refractivity contribution is 0.350. The molecule has 0 bridgehead atoms. The van der Waals surface area contributed by atoms with Gasteiger partial charge in [0.2, 0.25) is 0 Å². The molecule has 0 aliphatic carbocycles. The third-order valence-electron chi connectivity index (χ3n) is 7.28. The summed E-state index contributed by atoms with van der Waals surface area (Å²) in [4.78, 5) is 0. The average Bonchev–Trinajstić information content (AvgIpc) is 3.32. The van der Waals surface area contributed by atoms with Gasteiger partial charge in [-0.2, -0.15) is 0 Å². The molecule has 0 radical (unpaired) electrons. The number of para-hydroxylation sites is 1. The quantitative estimate of drug-likeness (QED) is 0.270. The Morgan fingerprint density at radius 3 is 1.89 bits per heavy atom. The van der Waals surface area contributed by atoms with Crippen molar-refractivity contribution in [3.05, 3.63) is 151 Å². The van der Waals surface area contributed by atoms with Gasteiger partial charge in [0, 0.05) is 16.5 Å². The van der Waals surface area contributed by atoms with E-state index in [1.165, 1.54) is 44.1 Å². The van der Waals surface area contributed by atoms with E-state index in [1.54, 1.807) is 0 Å². The van der Waals surface area contributed by atoms with Crippen LogP contribution in [0.15, 0.2) is 140 Å². The molecule has 0 saturated carbocycles. The van der Waals surface area contributed by atoms with Gasteiger partial charge in [-0.15, -0.1) is 0 Å². The van der Waals surface area contributed by atoms with Crippen molar-refractivity contribution >= 4 is 27.5 Å². The molecule has 0 fully saturated rings. The van der Waals surface area contributed by atoms with Gasteiger partial charge in [0.1, 0.15) is 0 Å². The predicted molar refractivity (Wildman–Crippen MR) is 154 cm³/mol. The molecule has 3 nitrogen and oxygen atoms in total. The summed E-state index contributed by atoms with van der Waals surface area (Å²) in [6.45, 7) is 0. The number of hydrogen-bond donors (Lipinski definition) is 2. The average molecular weight is 478 g/mol. The number of nitrogens with zero attached hydrogens (tertiary/aromatic N) is 1. The maximum atomic E-state index is 3.88. The van der Waals surface area contributed by atoms with Crippen molar-refractivity contribution in [1.82, 2.24) is 15.2 Å². The molecule has 1 aliphatic heterocycles. The van der Waals surface area contributed by atoms with Crippen LogP contribution >= 0.6 is 0 Å². The van der Waals surface area contributed by atoms with Crippen molar-refractivity contribution in [3.8, 4) is 11.1 Å². The smallest absolute Gasteiger partial charge is 0.160 e. The maximum absolute atomic E-state index is 3.88. The van der Waals surface area contributed by atoms with Gasteiger partial charge >= 0.3 is 0 Å². The van der Waals surface area contributed by atoms with Crippen LogP contribution in [0.5, 0.6) is 0 Å². The summed E-state index contributed by atoms with van der Waals surface area (Å²) >= 11 is 0. The van der Waals surface area contributed by atoms with Crippen LogP contribution in [-0.4, -0.2) is 4.57 Å². The molecule has 178 valence electrons. The number of benzene rings is 5. The van der Waals surface area contributed by atoms with Gasteiger partial charge in [-0.25, -0.2) is 0 Å². The minimum atomic E-state index is -0.129. The number of fused-ring (bicyclic) bond motifs is 3. The molecule has 0 spiro atoms. The molecule has 7 rings (SSSR count). The lowest BCUT2D eigenvalue weighted by Crippen LogP contribution is -2.43. The molecular weight excluding hydrogens is 450 g/mol. The van der Waals surface area contributed by atoms with Crippen LogP contribution in [0.25, 0.3) is 38.6 Å². The number of rotatable bonds is 4. The van der Waals surface area contributed by atoms with Crippen LogP contribution in [0, 0.1) is 0 Å². The van der Waals surface area contributed by atoms with Crippen molar-refractivity contribution in [3.63, 3.8) is 0 Å². The molecule has 2 unspecified atom stereocenters. The second-order valence-corrected chi connectivity index (χ2v) is 9.53. The van der Waals surface area contributed by atoms with Gasteiger partial charge in [0.25, 0.3) is 0 Å². The van der Waals surface area contributed by atoms with Crippen LogP contribution in [0.3, 0.4) is 0 Å². The fourth-order valence-corrected chi connectivity index (χ4v) is 5.50. The Hall–Kier alpha value is -4.60. The highest BCUT2D eigenvalue weighted by Gasteiger charge is 2.26. The molecule has 5 aromatic carbocycles. The summed E-state index contributed by atoms with van der Waals surface area (Å²) in [5, 5.41) is 10.2. The monoisotopic (exact) mass is 477 g/mol. The van der Waals surface area contributed by atoms with Crippen LogP contribution in [0.1, 0.15) is 23.5 Å². The zero-order valence-electron chi connectivity index (χ0n) is 20.4. The SMILES string of the molecule is C1=C(c2ccccc2)NC(n2c3ccccc3c3cc(-c4ccccc4)ccc32)NC1c1ccccc1. The number of aromatic nitrogens is 1. The molecule has 3 heteroatoms. The largest absolute Gasteiger partial charge is 0.352 e. The highest BCUT2D eigenvalue weighted by molar-refractivity contribution is 6.09. The molecular formula is C34H27N3. The molecule has 37 heavy (non-hydrogen) atoms. The summed E-state index contributed by atoms with van der Waals surface area (Å²) in [6, 6.07) is 47.5. The molecule has 2 heterocycles. The summed E-state index contributed by atoms with van der Waals surface area (Å²) in [5.74, 6) is 0. The number of hydrogen-bond acceptors (Lipinski definition) is 2. The van der Waals surface area contributed by atoms with E-state index in [2.05, 4.69) is 155 Å². The first kappa shape index (κ1) is 21.7. The van der Waals surface area contributed by atoms with Crippen molar-refractivity contribution < 1.29 is 0 Å². The van der Waals surface area contributed by atoms with Crippen LogP contribution in [-0.2, 0) is 0 Å². The summed E-state index contributed by atoms with van der Waals surface area (Å²) in [5.41, 5.74) is 8.42. The first-order chi connectivity index (χ1) is 18.3. The molecule has 2 N–H and O–H groups in total. The first-order valence-electron chi connectivity index (χ1n) is 12.8. The van der Waals surface area contributed by atoms with Crippen LogP contribution in [0.2, 0.25) is 0 Å². The Morgan fingerprint density at radius 2 is 1.14 bits per heavy atom. The van der Waals surface area contributed by atoms with E-state index in [-0.39, 0.29) is 12.3 Å². The zero-order valence-corrected chi connectivity index (χ0v) is 20.4. The molecule has 0 saturated heterocycles. The second-order valence-electron chi connectivity index (χ2n) is 9.53. The Morgan fingerprint density at radius 1 is 0.514 bits per heavy atom. The topological polar surface area (TPSA) is 29.0 Å². The van der Waals surface area contributed by atoms with Gasteiger partial charge in [-0.05, 0) is 46.5 Å². The van der Waals surface area contributed by atoms with Crippen molar-refractivity contribution in [1.29, 1.82) is 0 Å². The molecule has 1 aliphatic rings. The van der Waals surface area contributed by atoms with E-state index in [9.17, 15) is 0 Å². The minimum absolute atomic E-state index is 0.0717. The Bertz CT molecular complexity index is 1720. The van der Waals surface area contributed by atoms with E-state index in [4.69, 9.17) is 0 Å². The lowest BCUT2D eigenvalue weighted by atomic mass is 10.0. The summed E-state index contributed by atoms with van der Waals surface area (Å²) in [7, 11) is 0. The Balaban J connectivity index is 1.40. The van der Waals surface area contributed by atoms with E-state index >= 15 is 0 Å². The van der Waals surface area contributed by atoms with Crippen LogP contribution in [0.4, 0.5) is 0 Å². The lowest BCUT2D eigenvalue weighted by Gasteiger charge is -2.34. The minimum Gasteiger partial charge on any atom is -0.352 e. The summed E-state index contributed by atoms with van der Waals surface area (Å²) in [6.07, 6.45) is 2.16. The van der Waals surface area contributed by atoms with Crippen molar-refractivity contribution in [2.75, 3.05) is 0 Å². The Kier molecular flexibility index (Phi) is 5.34. The fraction of sp³-hybridized carbons (Fsp3) is 0.0588. The third kappa shape index (κ3) is 3.90. The number of nitrogens with one attached hydrogen (secondary N) is 2. The van der Waals surface area contributed by atoms with Gasteiger partial charge in [0.15, 0.2) is 6.29 Å². The summed E-state index contributed by atoms with van der Waals surface area (Å²) < 4.78 is 2.41. The third-order valence-corrected chi connectivity index (χ3v) is 7.28.